The number of benzene rings is 1. The molecule has 1 saturated carbocycles. The number of aliphatic hydroxyl groups excluding tert-OH is 1. The molecule has 0 radical (unpaired) electrons. The van der Waals surface area contributed by atoms with Crippen LogP contribution in [0.25, 0.3) is 0 Å². The Bertz CT molecular complexity index is 394. The molecule has 1 aliphatic rings. The van der Waals surface area contributed by atoms with Crippen LogP contribution < -0.4 is 4.74 Å². The van der Waals surface area contributed by atoms with E-state index in [-0.39, 0.29) is 6.61 Å². The summed E-state index contributed by atoms with van der Waals surface area (Å²) in [6.07, 6.45) is 3.90. The van der Waals surface area contributed by atoms with E-state index in [1.807, 2.05) is 12.1 Å². The normalized spacial score (nSPS) is 26.1. The van der Waals surface area contributed by atoms with Gasteiger partial charge in [0.2, 0.25) is 0 Å². The summed E-state index contributed by atoms with van der Waals surface area (Å²) in [6.45, 7) is 7.57. The minimum Gasteiger partial charge on any atom is -0.491 e. The van der Waals surface area contributed by atoms with Gasteiger partial charge in [-0.25, -0.2) is 0 Å². The van der Waals surface area contributed by atoms with E-state index >= 15 is 0 Å². The van der Waals surface area contributed by atoms with Gasteiger partial charge in [0.25, 0.3) is 0 Å². The van der Waals surface area contributed by atoms with Crippen LogP contribution >= 0.6 is 0 Å². The molecule has 0 spiro atoms. The predicted molar refractivity (Wildman–Crippen MR) is 78.6 cm³/mol. The molecule has 0 saturated heterocycles. The second kappa shape index (κ2) is 5.96. The summed E-state index contributed by atoms with van der Waals surface area (Å²) in [5, 5.41) is 8.75. The van der Waals surface area contributed by atoms with Gasteiger partial charge in [0.1, 0.15) is 12.4 Å². The van der Waals surface area contributed by atoms with Crippen molar-refractivity contribution < 1.29 is 9.84 Å². The van der Waals surface area contributed by atoms with Crippen molar-refractivity contribution >= 4 is 0 Å². The Hall–Kier alpha value is -1.02. The molecule has 106 valence electrons. The SMILES string of the molecule is CC1CC(c2ccc(OCCO)cc2)CC(C)(C)C1. The first-order valence-electron chi connectivity index (χ1n) is 7.34. The van der Waals surface area contributed by atoms with E-state index in [0.29, 0.717) is 17.9 Å². The highest BCUT2D eigenvalue weighted by molar-refractivity contribution is 5.30. The van der Waals surface area contributed by atoms with Gasteiger partial charge >= 0.3 is 0 Å². The van der Waals surface area contributed by atoms with Crippen LogP contribution in [-0.2, 0) is 0 Å². The molecule has 1 fully saturated rings. The largest absolute Gasteiger partial charge is 0.491 e. The van der Waals surface area contributed by atoms with Crippen molar-refractivity contribution in [3.8, 4) is 5.75 Å². The van der Waals surface area contributed by atoms with Crippen LogP contribution in [0.5, 0.6) is 5.75 Å². The molecule has 0 bridgehead atoms. The molecule has 0 aliphatic heterocycles. The van der Waals surface area contributed by atoms with E-state index in [9.17, 15) is 0 Å². The minimum atomic E-state index is 0.0656. The van der Waals surface area contributed by atoms with Crippen LogP contribution in [0.4, 0.5) is 0 Å². The van der Waals surface area contributed by atoms with E-state index in [0.717, 1.165) is 11.7 Å². The lowest BCUT2D eigenvalue weighted by molar-refractivity contribution is 0.168. The van der Waals surface area contributed by atoms with Gasteiger partial charge in [0.15, 0.2) is 0 Å². The standard InChI is InChI=1S/C17H26O2/c1-13-10-15(12-17(2,3)11-13)14-4-6-16(7-5-14)19-9-8-18/h4-7,13,15,18H,8-12H2,1-3H3. The second-order valence-corrected chi connectivity index (χ2v) is 6.75. The third-order valence-electron chi connectivity index (χ3n) is 4.10. The number of hydrogen-bond acceptors (Lipinski definition) is 2. The van der Waals surface area contributed by atoms with Crippen LogP contribution in [0.3, 0.4) is 0 Å². The summed E-state index contributed by atoms with van der Waals surface area (Å²) in [5.41, 5.74) is 1.88. The van der Waals surface area contributed by atoms with Gasteiger partial charge < -0.3 is 9.84 Å². The molecule has 2 unspecified atom stereocenters. The molecular weight excluding hydrogens is 236 g/mol. The highest BCUT2D eigenvalue weighted by Crippen LogP contribution is 2.46. The lowest BCUT2D eigenvalue weighted by Crippen LogP contribution is -2.26. The Kier molecular flexibility index (Phi) is 4.51. The maximum absolute atomic E-state index is 8.75. The molecule has 0 heterocycles. The maximum Gasteiger partial charge on any atom is 0.119 e. The van der Waals surface area contributed by atoms with Crippen LogP contribution in [0.15, 0.2) is 24.3 Å². The van der Waals surface area contributed by atoms with Gasteiger partial charge in [-0.1, -0.05) is 32.9 Å². The van der Waals surface area contributed by atoms with E-state index in [1.54, 1.807) is 0 Å². The van der Waals surface area contributed by atoms with Crippen LogP contribution in [0.2, 0.25) is 0 Å². The Labute approximate surface area is 116 Å². The molecule has 1 aromatic carbocycles. The third-order valence-corrected chi connectivity index (χ3v) is 4.10. The van der Waals surface area contributed by atoms with Gasteiger partial charge in [-0.15, -0.1) is 0 Å². The topological polar surface area (TPSA) is 29.5 Å². The van der Waals surface area contributed by atoms with Gasteiger partial charge in [0, 0.05) is 0 Å². The average molecular weight is 262 g/mol. The Balaban J connectivity index is 2.05. The summed E-state index contributed by atoms with van der Waals surface area (Å²) in [7, 11) is 0. The smallest absolute Gasteiger partial charge is 0.119 e. The minimum absolute atomic E-state index is 0.0656. The first kappa shape index (κ1) is 14.4. The molecule has 2 heteroatoms. The first-order valence-corrected chi connectivity index (χ1v) is 7.34. The zero-order chi connectivity index (χ0) is 13.9. The van der Waals surface area contributed by atoms with Crippen LogP contribution in [0.1, 0.15) is 51.5 Å². The van der Waals surface area contributed by atoms with Crippen molar-refractivity contribution in [1.29, 1.82) is 0 Å². The van der Waals surface area contributed by atoms with Gasteiger partial charge in [-0.2, -0.15) is 0 Å². The average Bonchev–Trinajstić information content (AvgIpc) is 2.34. The fraction of sp³-hybridized carbons (Fsp3) is 0.647. The summed E-state index contributed by atoms with van der Waals surface area (Å²) in [5.74, 6) is 2.32. The molecule has 2 rings (SSSR count). The predicted octanol–water partition coefficient (Wildman–Crippen LogP) is 3.99. The van der Waals surface area contributed by atoms with Gasteiger partial charge in [0.05, 0.1) is 6.61 Å². The monoisotopic (exact) mass is 262 g/mol. The maximum atomic E-state index is 8.75. The fourth-order valence-corrected chi connectivity index (χ4v) is 3.60. The molecular formula is C17H26O2. The van der Waals surface area contributed by atoms with Crippen LogP contribution in [-0.4, -0.2) is 18.3 Å². The quantitative estimate of drug-likeness (QED) is 0.889. The van der Waals surface area contributed by atoms with Crippen molar-refractivity contribution in [3.63, 3.8) is 0 Å². The highest BCUT2D eigenvalue weighted by atomic mass is 16.5. The lowest BCUT2D eigenvalue weighted by Gasteiger charge is -2.39. The molecule has 1 aromatic rings. The summed E-state index contributed by atoms with van der Waals surface area (Å²) in [6, 6.07) is 8.42. The van der Waals surface area contributed by atoms with Crippen molar-refractivity contribution in [3.05, 3.63) is 29.8 Å². The van der Waals surface area contributed by atoms with E-state index < -0.39 is 0 Å². The Morgan fingerprint density at radius 1 is 1.21 bits per heavy atom. The Morgan fingerprint density at radius 3 is 2.47 bits per heavy atom. The van der Waals surface area contributed by atoms with Crippen molar-refractivity contribution in [1.82, 2.24) is 0 Å². The fourth-order valence-electron chi connectivity index (χ4n) is 3.60. The zero-order valence-corrected chi connectivity index (χ0v) is 12.4. The molecule has 0 aromatic heterocycles. The van der Waals surface area contributed by atoms with E-state index in [4.69, 9.17) is 9.84 Å². The third kappa shape index (κ3) is 3.97. The molecule has 19 heavy (non-hydrogen) atoms. The van der Waals surface area contributed by atoms with E-state index in [1.165, 1.54) is 24.8 Å². The van der Waals surface area contributed by atoms with Crippen molar-refractivity contribution in [2.45, 2.75) is 46.0 Å². The summed E-state index contributed by atoms with van der Waals surface area (Å²) in [4.78, 5) is 0. The number of hydrogen-bond donors (Lipinski definition) is 1. The molecule has 1 aliphatic carbocycles. The zero-order valence-electron chi connectivity index (χ0n) is 12.4. The number of rotatable bonds is 4. The second-order valence-electron chi connectivity index (χ2n) is 6.75. The van der Waals surface area contributed by atoms with Gasteiger partial charge in [-0.3, -0.25) is 0 Å². The van der Waals surface area contributed by atoms with Gasteiger partial charge in [-0.05, 0) is 54.2 Å². The van der Waals surface area contributed by atoms with Crippen molar-refractivity contribution in [2.24, 2.45) is 11.3 Å². The Morgan fingerprint density at radius 2 is 1.89 bits per heavy atom. The lowest BCUT2D eigenvalue weighted by atomic mass is 9.66. The van der Waals surface area contributed by atoms with Crippen LogP contribution in [0, 0.1) is 11.3 Å². The summed E-state index contributed by atoms with van der Waals surface area (Å²) >= 11 is 0. The van der Waals surface area contributed by atoms with E-state index in [2.05, 4.69) is 32.9 Å². The van der Waals surface area contributed by atoms with Crippen molar-refractivity contribution in [2.75, 3.05) is 13.2 Å². The number of aliphatic hydroxyl groups is 1. The highest BCUT2D eigenvalue weighted by Gasteiger charge is 2.32. The first-order chi connectivity index (χ1) is 9.00. The molecule has 2 nitrogen and oxygen atoms in total. The number of ether oxygens (including phenoxy) is 1. The summed E-state index contributed by atoms with van der Waals surface area (Å²) < 4.78 is 5.41. The molecule has 2 atom stereocenters. The molecule has 0 amide bonds. The molecule has 1 N–H and O–H groups in total.